The van der Waals surface area contributed by atoms with Gasteiger partial charge in [-0.15, -0.1) is 11.3 Å². The van der Waals surface area contributed by atoms with Crippen molar-refractivity contribution in [3.05, 3.63) is 63.0 Å². The molecule has 1 N–H and O–H groups in total. The molecule has 1 aromatic carbocycles. The first-order chi connectivity index (χ1) is 12.1. The third-order valence-corrected chi connectivity index (χ3v) is 6.86. The highest BCUT2D eigenvalue weighted by Gasteiger charge is 2.25. The second kappa shape index (κ2) is 6.80. The lowest BCUT2D eigenvalue weighted by Gasteiger charge is -2.20. The number of thiophene rings is 2. The topological polar surface area (TPSA) is 64.6 Å². The average Bonchev–Trinajstić information content (AvgIpc) is 3.33. The van der Waals surface area contributed by atoms with Gasteiger partial charge in [-0.05, 0) is 46.0 Å². The van der Waals surface area contributed by atoms with Gasteiger partial charge in [0.25, 0.3) is 0 Å². The van der Waals surface area contributed by atoms with Gasteiger partial charge in [0.05, 0.1) is 10.9 Å². The SMILES string of the molecule is O=S(=O)(NC(c1ccsc1)c1cccs1)c1ccc2c(c1)OCCO2. The van der Waals surface area contributed by atoms with Crippen molar-refractivity contribution in [2.24, 2.45) is 0 Å². The summed E-state index contributed by atoms with van der Waals surface area (Å²) in [4.78, 5) is 1.10. The zero-order valence-corrected chi connectivity index (χ0v) is 15.5. The molecule has 0 radical (unpaired) electrons. The zero-order valence-electron chi connectivity index (χ0n) is 13.0. The van der Waals surface area contributed by atoms with Gasteiger partial charge in [-0.25, -0.2) is 8.42 Å². The van der Waals surface area contributed by atoms with Crippen LogP contribution in [0.3, 0.4) is 0 Å². The third kappa shape index (κ3) is 3.43. The summed E-state index contributed by atoms with van der Waals surface area (Å²) in [7, 11) is -3.72. The van der Waals surface area contributed by atoms with Crippen LogP contribution in [0.4, 0.5) is 0 Å². The van der Waals surface area contributed by atoms with Crippen molar-refractivity contribution in [1.82, 2.24) is 4.72 Å². The number of hydrogen-bond acceptors (Lipinski definition) is 6. The number of fused-ring (bicyclic) bond motifs is 1. The molecule has 8 heteroatoms. The van der Waals surface area contributed by atoms with Gasteiger partial charge in [-0.3, -0.25) is 0 Å². The van der Waals surface area contributed by atoms with E-state index in [1.165, 1.54) is 34.8 Å². The minimum atomic E-state index is -3.72. The van der Waals surface area contributed by atoms with Crippen LogP contribution in [0.25, 0.3) is 0 Å². The molecule has 1 unspecified atom stereocenters. The highest BCUT2D eigenvalue weighted by Crippen LogP contribution is 2.34. The molecular weight excluding hydrogens is 378 g/mol. The summed E-state index contributed by atoms with van der Waals surface area (Å²) in [6.07, 6.45) is 0. The molecule has 2 aromatic heterocycles. The van der Waals surface area contributed by atoms with Gasteiger partial charge in [0.1, 0.15) is 13.2 Å². The molecule has 0 aliphatic carbocycles. The molecule has 1 atom stereocenters. The minimum Gasteiger partial charge on any atom is -0.486 e. The Morgan fingerprint density at radius 2 is 1.88 bits per heavy atom. The predicted octanol–water partition coefficient (Wildman–Crippen LogP) is 3.65. The smallest absolute Gasteiger partial charge is 0.241 e. The van der Waals surface area contributed by atoms with Crippen LogP contribution in [0.5, 0.6) is 11.5 Å². The maximum Gasteiger partial charge on any atom is 0.241 e. The molecule has 1 aliphatic rings. The number of benzene rings is 1. The highest BCUT2D eigenvalue weighted by molar-refractivity contribution is 7.89. The van der Waals surface area contributed by atoms with Gasteiger partial charge in [0.15, 0.2) is 11.5 Å². The first kappa shape index (κ1) is 16.6. The summed E-state index contributed by atoms with van der Waals surface area (Å²) in [5, 5.41) is 5.83. The average molecular weight is 394 g/mol. The van der Waals surface area contributed by atoms with Crippen LogP contribution >= 0.6 is 22.7 Å². The van der Waals surface area contributed by atoms with E-state index in [1.807, 2.05) is 34.3 Å². The maximum absolute atomic E-state index is 12.9. The Balaban J connectivity index is 1.67. The fourth-order valence-electron chi connectivity index (χ4n) is 2.60. The van der Waals surface area contributed by atoms with Crippen molar-refractivity contribution >= 4 is 32.7 Å². The largest absolute Gasteiger partial charge is 0.486 e. The van der Waals surface area contributed by atoms with Gasteiger partial charge in [0, 0.05) is 10.9 Å². The molecule has 4 rings (SSSR count). The lowest BCUT2D eigenvalue weighted by molar-refractivity contribution is 0.171. The molecule has 5 nitrogen and oxygen atoms in total. The Morgan fingerprint density at radius 3 is 2.60 bits per heavy atom. The van der Waals surface area contributed by atoms with Crippen molar-refractivity contribution in [3.63, 3.8) is 0 Å². The Morgan fingerprint density at radius 1 is 1.04 bits per heavy atom. The molecule has 0 fully saturated rings. The molecule has 3 heterocycles. The Bertz CT molecular complexity index is 916. The second-order valence-electron chi connectivity index (χ2n) is 5.43. The molecule has 0 saturated heterocycles. The third-order valence-electron chi connectivity index (χ3n) is 3.80. The lowest BCUT2D eigenvalue weighted by Crippen LogP contribution is -2.29. The molecule has 0 bridgehead atoms. The number of nitrogens with one attached hydrogen (secondary N) is 1. The second-order valence-corrected chi connectivity index (χ2v) is 8.91. The van der Waals surface area contributed by atoms with Crippen molar-refractivity contribution < 1.29 is 17.9 Å². The van der Waals surface area contributed by atoms with E-state index in [2.05, 4.69) is 4.72 Å². The summed E-state index contributed by atoms with van der Waals surface area (Å²) in [6, 6.07) is 10.0. The van der Waals surface area contributed by atoms with Crippen molar-refractivity contribution in [3.8, 4) is 11.5 Å². The van der Waals surface area contributed by atoms with Crippen molar-refractivity contribution in [2.45, 2.75) is 10.9 Å². The van der Waals surface area contributed by atoms with Gasteiger partial charge in [-0.2, -0.15) is 16.1 Å². The number of sulfonamides is 1. The highest BCUT2D eigenvalue weighted by atomic mass is 32.2. The van der Waals surface area contributed by atoms with Crippen LogP contribution in [0.1, 0.15) is 16.5 Å². The van der Waals surface area contributed by atoms with Crippen molar-refractivity contribution in [2.75, 3.05) is 13.2 Å². The lowest BCUT2D eigenvalue weighted by atomic mass is 10.1. The van der Waals surface area contributed by atoms with Crippen LogP contribution in [0.2, 0.25) is 0 Å². The molecule has 0 spiro atoms. The molecule has 0 amide bonds. The number of hydrogen-bond donors (Lipinski definition) is 1. The first-order valence-electron chi connectivity index (χ1n) is 7.61. The summed E-state index contributed by atoms with van der Waals surface area (Å²) in [5.41, 5.74) is 0.925. The molecular formula is C17H15NO4S3. The summed E-state index contributed by atoms with van der Waals surface area (Å²) >= 11 is 3.06. The molecule has 0 saturated carbocycles. The monoisotopic (exact) mass is 393 g/mol. The van der Waals surface area contributed by atoms with E-state index >= 15 is 0 Å². The Kier molecular flexibility index (Phi) is 4.51. The first-order valence-corrected chi connectivity index (χ1v) is 10.9. The minimum absolute atomic E-state index is 0.161. The normalized spacial score (nSPS) is 15.0. The Labute approximate surface area is 153 Å². The molecule has 25 heavy (non-hydrogen) atoms. The van der Waals surface area contributed by atoms with E-state index in [9.17, 15) is 8.42 Å². The van der Waals surface area contributed by atoms with Crippen molar-refractivity contribution in [1.29, 1.82) is 0 Å². The zero-order chi connectivity index (χ0) is 17.3. The van der Waals surface area contributed by atoms with E-state index < -0.39 is 16.1 Å². The molecule has 3 aromatic rings. The Hall–Kier alpha value is -1.87. The summed E-state index contributed by atoms with van der Waals surface area (Å²) in [5.74, 6) is 1.02. The van der Waals surface area contributed by atoms with Gasteiger partial charge in [-0.1, -0.05) is 6.07 Å². The number of rotatable bonds is 5. The van der Waals surface area contributed by atoms with E-state index in [4.69, 9.17) is 9.47 Å². The van der Waals surface area contributed by atoms with Crippen LogP contribution in [-0.2, 0) is 10.0 Å². The van der Waals surface area contributed by atoms with E-state index in [1.54, 1.807) is 6.07 Å². The van der Waals surface area contributed by atoms with Crippen LogP contribution in [-0.4, -0.2) is 21.6 Å². The van der Waals surface area contributed by atoms with Gasteiger partial charge in [0.2, 0.25) is 10.0 Å². The maximum atomic E-state index is 12.9. The van der Waals surface area contributed by atoms with Crippen LogP contribution in [0, 0.1) is 0 Å². The van der Waals surface area contributed by atoms with E-state index in [0.717, 1.165) is 10.4 Å². The van der Waals surface area contributed by atoms with Gasteiger partial charge < -0.3 is 9.47 Å². The molecule has 130 valence electrons. The fraction of sp³-hybridized carbons (Fsp3) is 0.176. The fourth-order valence-corrected chi connectivity index (χ4v) is 5.38. The number of ether oxygens (including phenoxy) is 2. The molecule has 1 aliphatic heterocycles. The van der Waals surface area contributed by atoms with E-state index in [0.29, 0.717) is 24.7 Å². The van der Waals surface area contributed by atoms with Gasteiger partial charge >= 0.3 is 0 Å². The predicted molar refractivity (Wildman–Crippen MR) is 98.2 cm³/mol. The van der Waals surface area contributed by atoms with Crippen LogP contribution in [0.15, 0.2) is 57.4 Å². The van der Waals surface area contributed by atoms with E-state index in [-0.39, 0.29) is 4.90 Å². The van der Waals surface area contributed by atoms with Crippen LogP contribution < -0.4 is 14.2 Å². The quantitative estimate of drug-likeness (QED) is 0.719. The summed E-state index contributed by atoms with van der Waals surface area (Å²) in [6.45, 7) is 0.882. The standard InChI is InChI=1S/C17H15NO4S3/c19-25(20,13-3-4-14-15(10-13)22-7-6-21-14)18-17(12-5-9-23-11-12)16-2-1-8-24-16/h1-5,8-11,17-18H,6-7H2. The summed E-state index contributed by atoms with van der Waals surface area (Å²) < 4.78 is 39.6.